The molecule has 18 heavy (non-hydrogen) atoms. The first-order chi connectivity index (χ1) is 8.77. The van der Waals surface area contributed by atoms with Crippen molar-refractivity contribution in [3.05, 3.63) is 0 Å². The number of nitrogens with zero attached hydrogens (tertiary/aromatic N) is 1. The van der Waals surface area contributed by atoms with Crippen LogP contribution >= 0.6 is 0 Å². The second-order valence-corrected chi connectivity index (χ2v) is 5.66. The molecule has 2 saturated heterocycles. The first-order valence-electron chi connectivity index (χ1n) is 7.33. The summed E-state index contributed by atoms with van der Waals surface area (Å²) >= 11 is 0. The van der Waals surface area contributed by atoms with E-state index in [1.807, 2.05) is 11.9 Å². The van der Waals surface area contributed by atoms with Gasteiger partial charge < -0.3 is 15.0 Å². The van der Waals surface area contributed by atoms with Gasteiger partial charge in [0.1, 0.15) is 0 Å². The number of ether oxygens (including phenoxy) is 1. The van der Waals surface area contributed by atoms with E-state index in [1.54, 1.807) is 0 Å². The summed E-state index contributed by atoms with van der Waals surface area (Å²) in [7, 11) is 1.93. The van der Waals surface area contributed by atoms with E-state index >= 15 is 0 Å². The molecule has 2 rings (SSSR count). The fourth-order valence-corrected chi connectivity index (χ4v) is 2.93. The van der Waals surface area contributed by atoms with Gasteiger partial charge in [-0.2, -0.15) is 0 Å². The molecule has 0 aromatic carbocycles. The summed E-state index contributed by atoms with van der Waals surface area (Å²) in [4.78, 5) is 14.3. The molecule has 4 heteroatoms. The number of likely N-dealkylation sites (N-methyl/N-ethyl adjacent to an activating group) is 1. The Hall–Kier alpha value is -0.610. The molecule has 2 heterocycles. The van der Waals surface area contributed by atoms with Gasteiger partial charge in [-0.15, -0.1) is 0 Å². The van der Waals surface area contributed by atoms with Gasteiger partial charge in [0.05, 0.1) is 12.6 Å². The second kappa shape index (κ2) is 7.10. The van der Waals surface area contributed by atoms with Gasteiger partial charge in [-0.25, -0.2) is 0 Å². The lowest BCUT2D eigenvalue weighted by atomic mass is 10.0. The van der Waals surface area contributed by atoms with Crippen LogP contribution in [0.4, 0.5) is 0 Å². The predicted molar refractivity (Wildman–Crippen MR) is 71.4 cm³/mol. The van der Waals surface area contributed by atoms with Crippen LogP contribution in [0, 0.1) is 5.92 Å². The molecule has 0 aromatic heterocycles. The highest BCUT2D eigenvalue weighted by molar-refractivity contribution is 5.81. The van der Waals surface area contributed by atoms with E-state index in [0.29, 0.717) is 5.92 Å². The van der Waals surface area contributed by atoms with E-state index in [-0.39, 0.29) is 11.9 Å². The van der Waals surface area contributed by atoms with Crippen LogP contribution in [0.3, 0.4) is 0 Å². The summed E-state index contributed by atoms with van der Waals surface area (Å²) in [6, 6.07) is 0.0435. The Morgan fingerprint density at radius 1 is 1.28 bits per heavy atom. The molecule has 0 aliphatic carbocycles. The second-order valence-electron chi connectivity index (χ2n) is 5.66. The molecule has 4 nitrogen and oxygen atoms in total. The van der Waals surface area contributed by atoms with Crippen molar-refractivity contribution in [2.45, 2.75) is 44.6 Å². The monoisotopic (exact) mass is 254 g/mol. The fraction of sp³-hybridized carbons (Fsp3) is 0.929. The Kier molecular flexibility index (Phi) is 5.45. The molecule has 2 unspecified atom stereocenters. The summed E-state index contributed by atoms with van der Waals surface area (Å²) < 4.78 is 5.47. The average Bonchev–Trinajstić information content (AvgIpc) is 2.68. The van der Waals surface area contributed by atoms with Gasteiger partial charge in [0.25, 0.3) is 0 Å². The maximum atomic E-state index is 12.3. The summed E-state index contributed by atoms with van der Waals surface area (Å²) in [6.45, 7) is 3.53. The zero-order chi connectivity index (χ0) is 12.8. The molecule has 2 aliphatic heterocycles. The molecule has 104 valence electrons. The Balaban J connectivity index is 1.79. The standard InChI is InChI=1S/C14H26N2O2/c1-16(10-12-6-5-9-18-11-12)14(17)13-7-3-2-4-8-15-13/h12-13,15H,2-11H2,1H3. The SMILES string of the molecule is CN(CC1CCCOC1)C(=O)C1CCCCCN1. The molecule has 0 radical (unpaired) electrons. The third-order valence-electron chi connectivity index (χ3n) is 4.02. The van der Waals surface area contributed by atoms with Crippen molar-refractivity contribution in [1.29, 1.82) is 0 Å². The quantitative estimate of drug-likeness (QED) is 0.828. The number of carbonyl (C=O) groups excluding carboxylic acids is 1. The lowest BCUT2D eigenvalue weighted by Gasteiger charge is -2.29. The van der Waals surface area contributed by atoms with Crippen molar-refractivity contribution in [2.75, 3.05) is 33.4 Å². The largest absolute Gasteiger partial charge is 0.381 e. The predicted octanol–water partition coefficient (Wildman–Crippen LogP) is 1.40. The summed E-state index contributed by atoms with van der Waals surface area (Å²) in [5.74, 6) is 0.793. The minimum atomic E-state index is 0.0435. The highest BCUT2D eigenvalue weighted by atomic mass is 16.5. The molecule has 2 atom stereocenters. The minimum Gasteiger partial charge on any atom is -0.381 e. The fourth-order valence-electron chi connectivity index (χ4n) is 2.93. The first-order valence-corrected chi connectivity index (χ1v) is 7.33. The van der Waals surface area contributed by atoms with Crippen molar-refractivity contribution in [2.24, 2.45) is 5.92 Å². The minimum absolute atomic E-state index is 0.0435. The van der Waals surface area contributed by atoms with Crippen LogP contribution in [0.1, 0.15) is 38.5 Å². The summed E-state index contributed by atoms with van der Waals surface area (Å²) in [5.41, 5.74) is 0. The van der Waals surface area contributed by atoms with Crippen molar-refractivity contribution < 1.29 is 9.53 Å². The van der Waals surface area contributed by atoms with Crippen LogP contribution < -0.4 is 5.32 Å². The van der Waals surface area contributed by atoms with Crippen LogP contribution in [-0.2, 0) is 9.53 Å². The highest BCUT2D eigenvalue weighted by Gasteiger charge is 2.25. The lowest BCUT2D eigenvalue weighted by Crippen LogP contribution is -2.46. The van der Waals surface area contributed by atoms with E-state index in [1.165, 1.54) is 25.7 Å². The van der Waals surface area contributed by atoms with E-state index in [0.717, 1.165) is 39.1 Å². The Bertz CT molecular complexity index is 257. The maximum absolute atomic E-state index is 12.3. The third-order valence-corrected chi connectivity index (χ3v) is 4.02. The molecule has 1 N–H and O–H groups in total. The first kappa shape index (κ1) is 13.8. The van der Waals surface area contributed by atoms with Gasteiger partial charge in [-0.1, -0.05) is 12.8 Å². The van der Waals surface area contributed by atoms with E-state index in [9.17, 15) is 4.79 Å². The van der Waals surface area contributed by atoms with Crippen LogP contribution in [0.25, 0.3) is 0 Å². The number of amides is 1. The number of hydrogen-bond donors (Lipinski definition) is 1. The van der Waals surface area contributed by atoms with Crippen molar-refractivity contribution in [3.8, 4) is 0 Å². The van der Waals surface area contributed by atoms with E-state index < -0.39 is 0 Å². The average molecular weight is 254 g/mol. The number of rotatable bonds is 3. The molecule has 2 fully saturated rings. The molecule has 0 spiro atoms. The Morgan fingerprint density at radius 3 is 2.94 bits per heavy atom. The van der Waals surface area contributed by atoms with Crippen LogP contribution in [-0.4, -0.2) is 50.2 Å². The zero-order valence-corrected chi connectivity index (χ0v) is 11.5. The van der Waals surface area contributed by atoms with Gasteiger partial charge in [0.2, 0.25) is 5.91 Å². The lowest BCUT2D eigenvalue weighted by molar-refractivity contribution is -0.133. The van der Waals surface area contributed by atoms with Gasteiger partial charge in [0, 0.05) is 20.2 Å². The Morgan fingerprint density at radius 2 is 2.17 bits per heavy atom. The number of nitrogens with one attached hydrogen (secondary N) is 1. The Labute approximate surface area is 110 Å². The van der Waals surface area contributed by atoms with Crippen molar-refractivity contribution >= 4 is 5.91 Å². The molecule has 1 amide bonds. The van der Waals surface area contributed by atoms with Gasteiger partial charge in [-0.05, 0) is 38.1 Å². The number of carbonyl (C=O) groups is 1. The van der Waals surface area contributed by atoms with Crippen LogP contribution in [0.5, 0.6) is 0 Å². The summed E-state index contributed by atoms with van der Waals surface area (Å²) in [5, 5.41) is 3.38. The van der Waals surface area contributed by atoms with E-state index in [2.05, 4.69) is 5.32 Å². The topological polar surface area (TPSA) is 41.6 Å². The molecular weight excluding hydrogens is 228 g/mol. The van der Waals surface area contributed by atoms with Crippen molar-refractivity contribution in [3.63, 3.8) is 0 Å². The molecule has 0 bridgehead atoms. The molecule has 0 saturated carbocycles. The number of hydrogen-bond acceptors (Lipinski definition) is 3. The third kappa shape index (κ3) is 3.95. The van der Waals surface area contributed by atoms with Gasteiger partial charge in [0.15, 0.2) is 0 Å². The highest BCUT2D eigenvalue weighted by Crippen LogP contribution is 2.16. The molecule has 2 aliphatic rings. The normalized spacial score (nSPS) is 29.6. The van der Waals surface area contributed by atoms with Gasteiger partial charge >= 0.3 is 0 Å². The van der Waals surface area contributed by atoms with E-state index in [4.69, 9.17) is 4.74 Å². The summed E-state index contributed by atoms with van der Waals surface area (Å²) in [6.07, 6.45) is 6.93. The molecular formula is C14H26N2O2. The maximum Gasteiger partial charge on any atom is 0.239 e. The van der Waals surface area contributed by atoms with Crippen LogP contribution in [0.15, 0.2) is 0 Å². The van der Waals surface area contributed by atoms with Gasteiger partial charge in [-0.3, -0.25) is 4.79 Å². The van der Waals surface area contributed by atoms with Crippen molar-refractivity contribution in [1.82, 2.24) is 10.2 Å². The van der Waals surface area contributed by atoms with Crippen LogP contribution in [0.2, 0.25) is 0 Å². The molecule has 0 aromatic rings. The smallest absolute Gasteiger partial charge is 0.239 e. The zero-order valence-electron chi connectivity index (χ0n) is 11.5.